The Morgan fingerprint density at radius 3 is 2.12 bits per heavy atom. The summed E-state index contributed by atoms with van der Waals surface area (Å²) in [5.74, 6) is 1.40. The number of benzene rings is 2. The first-order valence-electron chi connectivity index (χ1n) is 8.02. The summed E-state index contributed by atoms with van der Waals surface area (Å²) in [5.41, 5.74) is 1.80. The molecule has 0 saturated heterocycles. The zero-order valence-electron chi connectivity index (χ0n) is 15.2. The van der Waals surface area contributed by atoms with E-state index in [1.807, 2.05) is 31.2 Å². The van der Waals surface area contributed by atoms with Crippen LogP contribution in [0.15, 0.2) is 46.9 Å². The van der Waals surface area contributed by atoms with Crippen LogP contribution in [0.5, 0.6) is 17.2 Å². The second-order valence-electron chi connectivity index (χ2n) is 5.57. The van der Waals surface area contributed by atoms with E-state index >= 15 is 0 Å². The molecule has 5 nitrogen and oxygen atoms in total. The number of amides is 1. The molecule has 0 spiro atoms. The van der Waals surface area contributed by atoms with Crippen LogP contribution in [0.4, 0.5) is 0 Å². The molecule has 0 unspecified atom stereocenters. The van der Waals surface area contributed by atoms with E-state index < -0.39 is 0 Å². The first-order chi connectivity index (χ1) is 12.5. The highest BCUT2D eigenvalue weighted by molar-refractivity contribution is 9.10. The Hall–Kier alpha value is -2.47. The average molecular weight is 420 g/mol. The predicted octanol–water partition coefficient (Wildman–Crippen LogP) is 4.37. The minimum Gasteiger partial charge on any atom is -0.493 e. The van der Waals surface area contributed by atoms with Crippen LogP contribution in [0.2, 0.25) is 0 Å². The summed E-state index contributed by atoms with van der Waals surface area (Å²) in [7, 11) is 4.65. The van der Waals surface area contributed by atoms with Crippen LogP contribution in [-0.4, -0.2) is 27.2 Å². The number of rotatable bonds is 7. The quantitative estimate of drug-likeness (QED) is 0.677. The van der Waals surface area contributed by atoms with Gasteiger partial charge in [-0.15, -0.1) is 0 Å². The molecular weight excluding hydrogens is 398 g/mol. The van der Waals surface area contributed by atoms with Gasteiger partial charge in [-0.05, 0) is 48.4 Å². The molecule has 0 aromatic heterocycles. The van der Waals surface area contributed by atoms with Crippen LogP contribution in [0.25, 0.3) is 6.08 Å². The molecule has 0 aliphatic rings. The third-order valence-corrected chi connectivity index (χ3v) is 4.37. The number of hydrogen-bond donors (Lipinski definition) is 1. The predicted molar refractivity (Wildman–Crippen MR) is 106 cm³/mol. The summed E-state index contributed by atoms with van der Waals surface area (Å²) in [6, 6.07) is 11.3. The molecule has 2 rings (SSSR count). The minimum absolute atomic E-state index is 0.0970. The van der Waals surface area contributed by atoms with Gasteiger partial charge in [0.1, 0.15) is 0 Å². The molecule has 1 amide bonds. The lowest BCUT2D eigenvalue weighted by atomic mass is 10.1. The molecule has 26 heavy (non-hydrogen) atoms. The van der Waals surface area contributed by atoms with Gasteiger partial charge in [0.05, 0.1) is 27.4 Å². The third-order valence-electron chi connectivity index (χ3n) is 3.84. The molecule has 0 aliphatic carbocycles. The van der Waals surface area contributed by atoms with E-state index in [2.05, 4.69) is 21.2 Å². The Morgan fingerprint density at radius 2 is 1.62 bits per heavy atom. The molecule has 1 atom stereocenters. The van der Waals surface area contributed by atoms with Crippen LogP contribution < -0.4 is 19.5 Å². The second kappa shape index (κ2) is 9.29. The van der Waals surface area contributed by atoms with Gasteiger partial charge >= 0.3 is 0 Å². The molecule has 2 aromatic carbocycles. The third kappa shape index (κ3) is 5.02. The standard InChI is InChI=1S/C20H22BrNO4/c1-13(15-6-8-16(21)9-7-15)22-19(23)10-5-14-11-17(24-2)20(26-4)18(12-14)25-3/h5-13H,1-4H3,(H,22,23)/b10-5+/t13-/m0/s1. The van der Waals surface area contributed by atoms with Gasteiger partial charge in [0.15, 0.2) is 11.5 Å². The van der Waals surface area contributed by atoms with E-state index in [-0.39, 0.29) is 11.9 Å². The molecule has 0 heterocycles. The first-order valence-corrected chi connectivity index (χ1v) is 8.81. The number of carbonyl (C=O) groups excluding carboxylic acids is 1. The SMILES string of the molecule is COc1cc(/C=C/C(=O)N[C@@H](C)c2ccc(Br)cc2)cc(OC)c1OC. The molecule has 0 aliphatic heterocycles. The van der Waals surface area contributed by atoms with Gasteiger partial charge in [-0.2, -0.15) is 0 Å². The van der Waals surface area contributed by atoms with Crippen molar-refractivity contribution in [2.45, 2.75) is 13.0 Å². The van der Waals surface area contributed by atoms with Gasteiger partial charge in [-0.25, -0.2) is 0 Å². The van der Waals surface area contributed by atoms with Crippen molar-refractivity contribution in [1.29, 1.82) is 0 Å². The molecular formula is C20H22BrNO4. The smallest absolute Gasteiger partial charge is 0.244 e. The van der Waals surface area contributed by atoms with E-state index in [1.54, 1.807) is 39.5 Å². The van der Waals surface area contributed by atoms with Crippen molar-refractivity contribution in [1.82, 2.24) is 5.32 Å². The molecule has 6 heteroatoms. The maximum absolute atomic E-state index is 12.2. The summed E-state index contributed by atoms with van der Waals surface area (Å²) >= 11 is 3.40. The lowest BCUT2D eigenvalue weighted by Crippen LogP contribution is -2.24. The summed E-state index contributed by atoms with van der Waals surface area (Å²) in [5, 5.41) is 2.94. The molecule has 138 valence electrons. The van der Waals surface area contributed by atoms with Gasteiger partial charge in [-0.3, -0.25) is 4.79 Å². The number of ether oxygens (including phenoxy) is 3. The van der Waals surface area contributed by atoms with Crippen molar-refractivity contribution in [2.75, 3.05) is 21.3 Å². The van der Waals surface area contributed by atoms with E-state index in [9.17, 15) is 4.79 Å². The Morgan fingerprint density at radius 1 is 1.04 bits per heavy atom. The van der Waals surface area contributed by atoms with Crippen LogP contribution in [-0.2, 0) is 4.79 Å². The fourth-order valence-corrected chi connectivity index (χ4v) is 2.73. The number of hydrogen-bond acceptors (Lipinski definition) is 4. The molecule has 0 radical (unpaired) electrons. The van der Waals surface area contributed by atoms with Crippen molar-refractivity contribution in [2.24, 2.45) is 0 Å². The fourth-order valence-electron chi connectivity index (χ4n) is 2.47. The zero-order chi connectivity index (χ0) is 19.1. The van der Waals surface area contributed by atoms with Crippen LogP contribution in [0.1, 0.15) is 24.1 Å². The van der Waals surface area contributed by atoms with Crippen LogP contribution in [0.3, 0.4) is 0 Å². The van der Waals surface area contributed by atoms with Gasteiger partial charge in [0, 0.05) is 10.5 Å². The highest BCUT2D eigenvalue weighted by atomic mass is 79.9. The van der Waals surface area contributed by atoms with Gasteiger partial charge in [-0.1, -0.05) is 28.1 Å². The lowest BCUT2D eigenvalue weighted by molar-refractivity contribution is -0.117. The minimum atomic E-state index is -0.186. The van der Waals surface area contributed by atoms with E-state index in [1.165, 1.54) is 6.08 Å². The summed E-state index contributed by atoms with van der Waals surface area (Å²) < 4.78 is 16.9. The molecule has 0 bridgehead atoms. The Labute approximate surface area is 162 Å². The average Bonchev–Trinajstić information content (AvgIpc) is 2.65. The van der Waals surface area contributed by atoms with Crippen molar-refractivity contribution < 1.29 is 19.0 Å². The number of carbonyl (C=O) groups is 1. The van der Waals surface area contributed by atoms with E-state index in [4.69, 9.17) is 14.2 Å². The van der Waals surface area contributed by atoms with Crippen molar-refractivity contribution >= 4 is 27.9 Å². The summed E-state index contributed by atoms with van der Waals surface area (Å²) in [4.78, 5) is 12.2. The van der Waals surface area contributed by atoms with E-state index in [0.29, 0.717) is 17.2 Å². The van der Waals surface area contributed by atoms with Gasteiger partial charge < -0.3 is 19.5 Å². The Bertz CT molecular complexity index is 762. The Kier molecular flexibility index (Phi) is 7.09. The van der Waals surface area contributed by atoms with Gasteiger partial charge in [0.25, 0.3) is 0 Å². The maximum Gasteiger partial charge on any atom is 0.244 e. The van der Waals surface area contributed by atoms with Crippen molar-refractivity contribution in [3.8, 4) is 17.2 Å². The topological polar surface area (TPSA) is 56.8 Å². The van der Waals surface area contributed by atoms with Crippen LogP contribution >= 0.6 is 15.9 Å². The first kappa shape index (κ1) is 19.8. The number of halogens is 1. The molecule has 0 saturated carbocycles. The molecule has 1 N–H and O–H groups in total. The zero-order valence-corrected chi connectivity index (χ0v) is 16.8. The van der Waals surface area contributed by atoms with E-state index in [0.717, 1.165) is 15.6 Å². The lowest BCUT2D eigenvalue weighted by Gasteiger charge is -2.14. The normalized spacial score (nSPS) is 11.9. The molecule has 0 fully saturated rings. The summed E-state index contributed by atoms with van der Waals surface area (Å²) in [6.45, 7) is 1.94. The largest absolute Gasteiger partial charge is 0.493 e. The van der Waals surface area contributed by atoms with Crippen molar-refractivity contribution in [3.63, 3.8) is 0 Å². The second-order valence-corrected chi connectivity index (χ2v) is 6.49. The van der Waals surface area contributed by atoms with Crippen LogP contribution in [0, 0.1) is 0 Å². The number of nitrogens with one attached hydrogen (secondary N) is 1. The highest BCUT2D eigenvalue weighted by Crippen LogP contribution is 2.38. The maximum atomic E-state index is 12.2. The van der Waals surface area contributed by atoms with Crippen molar-refractivity contribution in [3.05, 3.63) is 58.1 Å². The van der Waals surface area contributed by atoms with Gasteiger partial charge in [0.2, 0.25) is 11.7 Å². The number of methoxy groups -OCH3 is 3. The Balaban J connectivity index is 2.11. The molecule has 2 aromatic rings. The monoisotopic (exact) mass is 419 g/mol. The fraction of sp³-hybridized carbons (Fsp3) is 0.250. The highest BCUT2D eigenvalue weighted by Gasteiger charge is 2.12. The summed E-state index contributed by atoms with van der Waals surface area (Å²) in [6.07, 6.45) is 3.18.